The number of methoxy groups -OCH3 is 1. The first-order valence-electron chi connectivity index (χ1n) is 6.44. The lowest BCUT2D eigenvalue weighted by Crippen LogP contribution is -2.19. The van der Waals surface area contributed by atoms with Gasteiger partial charge in [-0.15, -0.1) is 0 Å². The molecule has 0 amide bonds. The summed E-state index contributed by atoms with van der Waals surface area (Å²) in [5.41, 5.74) is 0. The summed E-state index contributed by atoms with van der Waals surface area (Å²) in [6, 6.07) is 7.50. The third kappa shape index (κ3) is 2.71. The maximum atomic E-state index is 5.75. The van der Waals surface area contributed by atoms with E-state index in [1.807, 2.05) is 35.1 Å². The largest absolute Gasteiger partial charge is 0.497 e. The highest BCUT2D eigenvalue weighted by Crippen LogP contribution is 2.25. The van der Waals surface area contributed by atoms with Crippen LogP contribution in [0.1, 0.15) is 19.0 Å². The molecule has 1 aliphatic rings. The fraction of sp³-hybridized carbons (Fsp3) is 0.357. The van der Waals surface area contributed by atoms with E-state index in [9.17, 15) is 0 Å². The second-order valence-corrected chi connectivity index (χ2v) is 4.55. The van der Waals surface area contributed by atoms with Crippen molar-refractivity contribution < 1.29 is 9.47 Å². The minimum atomic E-state index is 0.299. The van der Waals surface area contributed by atoms with E-state index >= 15 is 0 Å². The summed E-state index contributed by atoms with van der Waals surface area (Å²) in [6.07, 6.45) is 6.27. The van der Waals surface area contributed by atoms with Gasteiger partial charge in [0.15, 0.2) is 5.75 Å². The Labute approximate surface area is 112 Å². The van der Waals surface area contributed by atoms with E-state index in [0.717, 1.165) is 30.2 Å². The lowest BCUT2D eigenvalue weighted by atomic mass is 10.3. The zero-order valence-electron chi connectivity index (χ0n) is 10.9. The fourth-order valence-electron chi connectivity index (χ4n) is 2.22. The fourth-order valence-corrected chi connectivity index (χ4v) is 2.22. The Morgan fingerprint density at radius 3 is 2.68 bits per heavy atom. The van der Waals surface area contributed by atoms with Crippen LogP contribution in [-0.4, -0.2) is 23.4 Å². The number of hydrogen-bond acceptors (Lipinski definition) is 4. The highest BCUT2D eigenvalue weighted by Gasteiger charge is 2.16. The predicted octanol–water partition coefficient (Wildman–Crippen LogP) is 2.57. The molecule has 2 aromatic rings. The smallest absolute Gasteiger partial charge is 0.165 e. The van der Waals surface area contributed by atoms with Crippen LogP contribution >= 0.6 is 0 Å². The summed E-state index contributed by atoms with van der Waals surface area (Å²) in [6.45, 7) is 1.05. The molecule has 19 heavy (non-hydrogen) atoms. The van der Waals surface area contributed by atoms with Gasteiger partial charge in [0.25, 0.3) is 0 Å². The van der Waals surface area contributed by atoms with Crippen LogP contribution in [0.4, 0.5) is 0 Å². The molecule has 1 saturated heterocycles. The molecular weight excluding hydrogens is 242 g/mol. The highest BCUT2D eigenvalue weighted by atomic mass is 16.5. The van der Waals surface area contributed by atoms with E-state index in [-0.39, 0.29) is 0 Å². The molecule has 2 heterocycles. The number of benzene rings is 1. The van der Waals surface area contributed by atoms with Crippen LogP contribution < -0.4 is 14.8 Å². The molecule has 3 rings (SSSR count). The molecule has 1 N–H and O–H groups in total. The van der Waals surface area contributed by atoms with Crippen molar-refractivity contribution in [3.63, 3.8) is 0 Å². The minimum absolute atomic E-state index is 0.299. The Bertz CT molecular complexity index is 530. The van der Waals surface area contributed by atoms with Gasteiger partial charge in [-0.3, -0.25) is 10.00 Å². The van der Waals surface area contributed by atoms with Crippen molar-refractivity contribution in [2.24, 2.45) is 0 Å². The highest BCUT2D eigenvalue weighted by molar-refractivity contribution is 5.34. The second-order valence-electron chi connectivity index (χ2n) is 4.55. The average Bonchev–Trinajstić information content (AvgIpc) is 3.10. The lowest BCUT2D eigenvalue weighted by molar-refractivity contribution is 0.412. The number of aromatic nitrogens is 2. The van der Waals surface area contributed by atoms with Crippen LogP contribution in [-0.2, 0) is 0 Å². The maximum absolute atomic E-state index is 5.75. The zero-order chi connectivity index (χ0) is 13.1. The van der Waals surface area contributed by atoms with Gasteiger partial charge in [-0.1, -0.05) is 0 Å². The van der Waals surface area contributed by atoms with Crippen molar-refractivity contribution in [1.29, 1.82) is 0 Å². The summed E-state index contributed by atoms with van der Waals surface area (Å²) >= 11 is 0. The van der Waals surface area contributed by atoms with Crippen LogP contribution in [0.5, 0.6) is 17.2 Å². The molecule has 1 unspecified atom stereocenters. The standard InChI is InChI=1S/C14H17N3O2/c1-18-11-4-6-12(7-5-11)19-13-9-16-17(10-13)14-3-2-8-15-14/h4-7,9-10,14-15H,2-3,8H2,1H3. The zero-order valence-corrected chi connectivity index (χ0v) is 10.9. The molecule has 0 radical (unpaired) electrons. The summed E-state index contributed by atoms with van der Waals surface area (Å²) in [4.78, 5) is 0. The summed E-state index contributed by atoms with van der Waals surface area (Å²) < 4.78 is 12.8. The van der Waals surface area contributed by atoms with E-state index in [4.69, 9.17) is 9.47 Å². The summed E-state index contributed by atoms with van der Waals surface area (Å²) in [5, 5.41) is 7.73. The van der Waals surface area contributed by atoms with Crippen LogP contribution in [0.3, 0.4) is 0 Å². The molecule has 1 aromatic carbocycles. The van der Waals surface area contributed by atoms with Crippen molar-refractivity contribution in [3.8, 4) is 17.2 Å². The van der Waals surface area contributed by atoms with E-state index < -0.39 is 0 Å². The number of ether oxygens (including phenoxy) is 2. The predicted molar refractivity (Wildman–Crippen MR) is 71.6 cm³/mol. The average molecular weight is 259 g/mol. The van der Waals surface area contributed by atoms with Gasteiger partial charge < -0.3 is 9.47 Å². The molecule has 1 aliphatic heterocycles. The van der Waals surface area contributed by atoms with Crippen LogP contribution in [0, 0.1) is 0 Å². The molecule has 1 fully saturated rings. The monoisotopic (exact) mass is 259 g/mol. The quantitative estimate of drug-likeness (QED) is 0.916. The van der Waals surface area contributed by atoms with Crippen molar-refractivity contribution in [2.75, 3.05) is 13.7 Å². The van der Waals surface area contributed by atoms with Crippen molar-refractivity contribution in [3.05, 3.63) is 36.7 Å². The van der Waals surface area contributed by atoms with Gasteiger partial charge in [0.05, 0.1) is 19.5 Å². The molecule has 0 spiro atoms. The topological polar surface area (TPSA) is 48.3 Å². The molecule has 5 nitrogen and oxygen atoms in total. The van der Waals surface area contributed by atoms with Gasteiger partial charge in [0.1, 0.15) is 17.7 Å². The minimum Gasteiger partial charge on any atom is -0.497 e. The van der Waals surface area contributed by atoms with Gasteiger partial charge in [-0.25, -0.2) is 0 Å². The Morgan fingerprint density at radius 2 is 2.00 bits per heavy atom. The van der Waals surface area contributed by atoms with Gasteiger partial charge in [0.2, 0.25) is 0 Å². The first-order valence-corrected chi connectivity index (χ1v) is 6.44. The first-order chi connectivity index (χ1) is 9.35. The third-order valence-electron chi connectivity index (χ3n) is 3.23. The normalized spacial score (nSPS) is 18.5. The Hall–Kier alpha value is -2.01. The molecule has 0 aliphatic carbocycles. The molecular formula is C14H17N3O2. The van der Waals surface area contributed by atoms with E-state index in [1.54, 1.807) is 13.3 Å². The van der Waals surface area contributed by atoms with Gasteiger partial charge in [0, 0.05) is 0 Å². The van der Waals surface area contributed by atoms with Crippen molar-refractivity contribution in [2.45, 2.75) is 19.0 Å². The summed E-state index contributed by atoms with van der Waals surface area (Å²) in [5.74, 6) is 2.34. The Morgan fingerprint density at radius 1 is 1.21 bits per heavy atom. The van der Waals surface area contributed by atoms with Crippen LogP contribution in [0.25, 0.3) is 0 Å². The second kappa shape index (κ2) is 5.32. The van der Waals surface area contributed by atoms with E-state index in [1.165, 1.54) is 6.42 Å². The molecule has 0 bridgehead atoms. The molecule has 0 saturated carbocycles. The third-order valence-corrected chi connectivity index (χ3v) is 3.23. The molecule has 5 heteroatoms. The van der Waals surface area contributed by atoms with Crippen molar-refractivity contribution in [1.82, 2.24) is 15.1 Å². The molecule has 1 atom stereocenters. The maximum Gasteiger partial charge on any atom is 0.165 e. The Kier molecular flexibility index (Phi) is 3.37. The van der Waals surface area contributed by atoms with E-state index in [2.05, 4.69) is 10.4 Å². The summed E-state index contributed by atoms with van der Waals surface area (Å²) in [7, 11) is 1.65. The van der Waals surface area contributed by atoms with Crippen molar-refractivity contribution >= 4 is 0 Å². The lowest BCUT2D eigenvalue weighted by Gasteiger charge is -2.09. The van der Waals surface area contributed by atoms with Crippen LogP contribution in [0.15, 0.2) is 36.7 Å². The van der Waals surface area contributed by atoms with E-state index in [0.29, 0.717) is 6.17 Å². The number of nitrogens with zero attached hydrogens (tertiary/aromatic N) is 2. The molecule has 100 valence electrons. The first kappa shape index (κ1) is 12.0. The van der Waals surface area contributed by atoms with Crippen LogP contribution in [0.2, 0.25) is 0 Å². The number of hydrogen-bond donors (Lipinski definition) is 1. The van der Waals surface area contributed by atoms with Gasteiger partial charge in [-0.05, 0) is 43.7 Å². The molecule has 1 aromatic heterocycles. The van der Waals surface area contributed by atoms with Gasteiger partial charge >= 0.3 is 0 Å². The SMILES string of the molecule is COc1ccc(Oc2cnn(C3CCCN3)c2)cc1. The van der Waals surface area contributed by atoms with Gasteiger partial charge in [-0.2, -0.15) is 5.10 Å². The Balaban J connectivity index is 1.68. The number of nitrogens with one attached hydrogen (secondary N) is 1. The number of rotatable bonds is 4.